The molecule has 0 saturated heterocycles. The summed E-state index contributed by atoms with van der Waals surface area (Å²) in [5.74, 6) is -0.556. The van der Waals surface area contributed by atoms with E-state index in [0.29, 0.717) is 17.9 Å². The number of carbonyl (C=O) groups is 2. The summed E-state index contributed by atoms with van der Waals surface area (Å²) in [4.78, 5) is 25.8. The molecule has 0 aliphatic carbocycles. The van der Waals surface area contributed by atoms with Crippen molar-refractivity contribution in [1.82, 2.24) is 5.32 Å². The standard InChI is InChI=1S/C32H49NO7Si/c1-31(2,3)39-30(36)33-26(18-22-14-12-11-13-15-22)28(40-41(9,10)32(4,5)6)20-24(29(34)35)19-23-16-17-25(37-7)21-27(23)38-8/h11-17,21,24,26,28H,18-20H2,1-10H3,(H,33,36)(H,34,35)/t24-,26+,28+/m1/s1. The van der Waals surface area contributed by atoms with Crippen molar-refractivity contribution in [2.75, 3.05) is 14.2 Å². The van der Waals surface area contributed by atoms with Gasteiger partial charge in [0.2, 0.25) is 0 Å². The second kappa shape index (κ2) is 14.2. The molecule has 0 spiro atoms. The number of methoxy groups -OCH3 is 2. The van der Waals surface area contributed by atoms with E-state index in [1.807, 2.05) is 57.2 Å². The van der Waals surface area contributed by atoms with E-state index in [1.165, 1.54) is 0 Å². The molecule has 3 atom stereocenters. The van der Waals surface area contributed by atoms with E-state index in [-0.39, 0.29) is 17.9 Å². The molecular weight excluding hydrogens is 538 g/mol. The Morgan fingerprint density at radius 2 is 1.56 bits per heavy atom. The molecule has 0 saturated carbocycles. The van der Waals surface area contributed by atoms with E-state index in [4.69, 9.17) is 18.6 Å². The third kappa shape index (κ3) is 10.7. The van der Waals surface area contributed by atoms with Crippen LogP contribution in [0.15, 0.2) is 48.5 Å². The Morgan fingerprint density at radius 3 is 2.07 bits per heavy atom. The molecule has 2 aromatic rings. The number of hydrogen-bond acceptors (Lipinski definition) is 6. The third-order valence-electron chi connectivity index (χ3n) is 7.53. The fourth-order valence-electron chi connectivity index (χ4n) is 4.29. The van der Waals surface area contributed by atoms with E-state index in [2.05, 4.69) is 39.2 Å². The number of aliphatic carboxylic acids is 1. The van der Waals surface area contributed by atoms with Crippen molar-refractivity contribution in [2.24, 2.45) is 5.92 Å². The first kappa shape index (κ1) is 34.2. The number of benzene rings is 2. The second-order valence-corrected chi connectivity index (χ2v) is 17.8. The van der Waals surface area contributed by atoms with Crippen LogP contribution < -0.4 is 14.8 Å². The molecular formula is C32H49NO7Si. The van der Waals surface area contributed by atoms with Gasteiger partial charge in [-0.2, -0.15) is 0 Å². The third-order valence-corrected chi connectivity index (χ3v) is 12.0. The van der Waals surface area contributed by atoms with Crippen molar-refractivity contribution in [3.8, 4) is 11.5 Å². The summed E-state index contributed by atoms with van der Waals surface area (Å²) in [5, 5.41) is 13.3. The highest BCUT2D eigenvalue weighted by atomic mass is 28.4. The van der Waals surface area contributed by atoms with Gasteiger partial charge in [0.05, 0.1) is 32.3 Å². The minimum absolute atomic E-state index is 0.133. The molecule has 0 aromatic heterocycles. The quantitative estimate of drug-likeness (QED) is 0.247. The van der Waals surface area contributed by atoms with E-state index >= 15 is 0 Å². The summed E-state index contributed by atoms with van der Waals surface area (Å²) >= 11 is 0. The number of rotatable bonds is 13. The van der Waals surface area contributed by atoms with Crippen LogP contribution in [0, 0.1) is 5.92 Å². The number of nitrogens with one attached hydrogen (secondary N) is 1. The predicted molar refractivity (Wildman–Crippen MR) is 164 cm³/mol. The lowest BCUT2D eigenvalue weighted by atomic mass is 9.89. The molecule has 228 valence electrons. The van der Waals surface area contributed by atoms with Crippen LogP contribution in [0.25, 0.3) is 0 Å². The van der Waals surface area contributed by atoms with Gasteiger partial charge in [-0.05, 0) is 75.4 Å². The van der Waals surface area contributed by atoms with Gasteiger partial charge in [0.15, 0.2) is 8.32 Å². The van der Waals surface area contributed by atoms with Crippen molar-refractivity contribution in [1.29, 1.82) is 0 Å². The first-order valence-corrected chi connectivity index (χ1v) is 17.0. The van der Waals surface area contributed by atoms with Gasteiger partial charge < -0.3 is 29.1 Å². The van der Waals surface area contributed by atoms with Crippen molar-refractivity contribution < 1.29 is 33.3 Å². The lowest BCUT2D eigenvalue weighted by Gasteiger charge is -2.42. The van der Waals surface area contributed by atoms with Crippen LogP contribution in [0.4, 0.5) is 4.79 Å². The largest absolute Gasteiger partial charge is 0.497 e. The Morgan fingerprint density at radius 1 is 0.927 bits per heavy atom. The van der Waals surface area contributed by atoms with Gasteiger partial charge in [-0.25, -0.2) is 4.79 Å². The fraction of sp³-hybridized carbons (Fsp3) is 0.562. The Kier molecular flexibility index (Phi) is 11.9. The molecule has 0 heterocycles. The Hall–Kier alpha value is -3.04. The summed E-state index contributed by atoms with van der Waals surface area (Å²) in [6.45, 7) is 16.1. The molecule has 0 radical (unpaired) electrons. The number of hydrogen-bond donors (Lipinski definition) is 2. The highest BCUT2D eigenvalue weighted by Gasteiger charge is 2.42. The van der Waals surface area contributed by atoms with Crippen LogP contribution in [0.3, 0.4) is 0 Å². The van der Waals surface area contributed by atoms with Crippen LogP contribution in [0.2, 0.25) is 18.1 Å². The lowest BCUT2D eigenvalue weighted by Crippen LogP contribution is -2.54. The minimum Gasteiger partial charge on any atom is -0.497 e. The molecule has 0 fully saturated rings. The number of carbonyl (C=O) groups excluding carboxylic acids is 1. The first-order chi connectivity index (χ1) is 19.0. The van der Waals surface area contributed by atoms with Gasteiger partial charge in [-0.1, -0.05) is 57.2 Å². The molecule has 9 heteroatoms. The molecule has 1 amide bonds. The molecule has 0 bridgehead atoms. The first-order valence-electron chi connectivity index (χ1n) is 14.1. The Bertz CT molecular complexity index is 1140. The normalized spacial score (nSPS) is 14.5. The average molecular weight is 588 g/mol. The van der Waals surface area contributed by atoms with Crippen LogP contribution in [0.1, 0.15) is 59.1 Å². The molecule has 8 nitrogen and oxygen atoms in total. The van der Waals surface area contributed by atoms with E-state index in [1.54, 1.807) is 26.4 Å². The number of carboxylic acids is 1. The van der Waals surface area contributed by atoms with Gasteiger partial charge in [0.1, 0.15) is 17.1 Å². The highest BCUT2D eigenvalue weighted by Crippen LogP contribution is 2.39. The second-order valence-electron chi connectivity index (χ2n) is 13.0. The molecule has 0 aliphatic rings. The van der Waals surface area contributed by atoms with Crippen LogP contribution in [0.5, 0.6) is 11.5 Å². The van der Waals surface area contributed by atoms with Crippen molar-refractivity contribution >= 4 is 20.4 Å². The highest BCUT2D eigenvalue weighted by molar-refractivity contribution is 6.74. The Labute approximate surface area is 246 Å². The van der Waals surface area contributed by atoms with Gasteiger partial charge in [-0.3, -0.25) is 4.79 Å². The summed E-state index contributed by atoms with van der Waals surface area (Å²) in [5.41, 5.74) is 1.07. The van der Waals surface area contributed by atoms with Crippen LogP contribution >= 0.6 is 0 Å². The lowest BCUT2D eigenvalue weighted by molar-refractivity contribution is -0.142. The minimum atomic E-state index is -2.40. The maximum atomic E-state index is 13.1. The molecule has 2 aromatic carbocycles. The van der Waals surface area contributed by atoms with E-state index in [9.17, 15) is 14.7 Å². The SMILES string of the molecule is COc1ccc(C[C@H](C[C@H](O[Si](C)(C)C(C)(C)C)[C@H](Cc2ccccc2)NC(=O)OC(C)(C)C)C(=O)O)c(OC)c1. The summed E-state index contributed by atoms with van der Waals surface area (Å²) in [6.07, 6.45) is -0.286. The van der Waals surface area contributed by atoms with Crippen LogP contribution in [-0.4, -0.2) is 57.5 Å². The molecule has 41 heavy (non-hydrogen) atoms. The maximum Gasteiger partial charge on any atom is 0.407 e. The van der Waals surface area contributed by atoms with E-state index < -0.39 is 44.0 Å². The van der Waals surface area contributed by atoms with Gasteiger partial charge in [0.25, 0.3) is 0 Å². The van der Waals surface area contributed by atoms with Crippen molar-refractivity contribution in [3.05, 3.63) is 59.7 Å². The summed E-state index contributed by atoms with van der Waals surface area (Å²) in [6, 6.07) is 14.7. The van der Waals surface area contributed by atoms with Crippen LogP contribution in [-0.2, 0) is 26.8 Å². The predicted octanol–water partition coefficient (Wildman–Crippen LogP) is 6.86. The zero-order valence-electron chi connectivity index (χ0n) is 26.4. The van der Waals surface area contributed by atoms with Gasteiger partial charge in [0, 0.05) is 6.07 Å². The number of ether oxygens (including phenoxy) is 3. The number of amides is 1. The van der Waals surface area contributed by atoms with Crippen molar-refractivity contribution in [3.63, 3.8) is 0 Å². The fourth-order valence-corrected chi connectivity index (χ4v) is 5.66. The Balaban J connectivity index is 2.53. The smallest absolute Gasteiger partial charge is 0.407 e. The molecule has 0 aliphatic heterocycles. The van der Waals surface area contributed by atoms with Gasteiger partial charge >= 0.3 is 12.1 Å². The summed E-state index contributed by atoms with van der Waals surface area (Å²) in [7, 11) is 0.729. The van der Waals surface area contributed by atoms with Gasteiger partial charge in [-0.15, -0.1) is 0 Å². The number of carboxylic acid groups (broad SMARTS) is 1. The number of alkyl carbamates (subject to hydrolysis) is 1. The molecule has 2 N–H and O–H groups in total. The zero-order chi connectivity index (χ0) is 31.0. The molecule has 2 rings (SSSR count). The zero-order valence-corrected chi connectivity index (χ0v) is 27.4. The average Bonchev–Trinajstić information content (AvgIpc) is 2.86. The topological polar surface area (TPSA) is 103 Å². The van der Waals surface area contributed by atoms with E-state index in [0.717, 1.165) is 11.1 Å². The molecule has 0 unspecified atom stereocenters. The monoisotopic (exact) mass is 587 g/mol. The maximum absolute atomic E-state index is 13.1. The van der Waals surface area contributed by atoms with Crippen molar-refractivity contribution in [2.45, 2.75) is 96.7 Å². The summed E-state index contributed by atoms with van der Waals surface area (Å²) < 4.78 is 23.4.